The highest BCUT2D eigenvalue weighted by Crippen LogP contribution is 2.22. The summed E-state index contributed by atoms with van der Waals surface area (Å²) in [7, 11) is 1.64. The van der Waals surface area contributed by atoms with Gasteiger partial charge in [0.2, 0.25) is 0 Å². The smallest absolute Gasteiger partial charge is 0.163 e. The number of rotatable bonds is 6. The molecule has 0 radical (unpaired) electrons. The van der Waals surface area contributed by atoms with E-state index in [-0.39, 0.29) is 5.78 Å². The maximum atomic E-state index is 11.6. The van der Waals surface area contributed by atoms with Crippen LogP contribution in [-0.2, 0) is 6.42 Å². The Labute approximate surface area is 124 Å². The third kappa shape index (κ3) is 3.99. The molecule has 0 heterocycles. The SMILES string of the molecule is COc1ccc(CCOc2ccc(N)cc2C(C)=O)cc1. The van der Waals surface area contributed by atoms with Crippen molar-refractivity contribution < 1.29 is 14.3 Å². The highest BCUT2D eigenvalue weighted by molar-refractivity contribution is 5.97. The number of benzene rings is 2. The van der Waals surface area contributed by atoms with Crippen molar-refractivity contribution in [2.45, 2.75) is 13.3 Å². The van der Waals surface area contributed by atoms with E-state index in [1.807, 2.05) is 24.3 Å². The van der Waals surface area contributed by atoms with Crippen LogP contribution in [0.5, 0.6) is 11.5 Å². The topological polar surface area (TPSA) is 61.6 Å². The zero-order valence-electron chi connectivity index (χ0n) is 12.3. The molecular weight excluding hydrogens is 266 g/mol. The van der Waals surface area contributed by atoms with Crippen molar-refractivity contribution in [2.24, 2.45) is 0 Å². The number of hydrogen-bond acceptors (Lipinski definition) is 4. The van der Waals surface area contributed by atoms with Crippen LogP contribution in [0.1, 0.15) is 22.8 Å². The number of carbonyl (C=O) groups excluding carboxylic acids is 1. The van der Waals surface area contributed by atoms with E-state index >= 15 is 0 Å². The van der Waals surface area contributed by atoms with E-state index < -0.39 is 0 Å². The Bertz CT molecular complexity index is 620. The molecule has 21 heavy (non-hydrogen) atoms. The van der Waals surface area contributed by atoms with Crippen LogP contribution in [-0.4, -0.2) is 19.5 Å². The molecule has 4 heteroatoms. The Kier molecular flexibility index (Phi) is 4.82. The molecule has 0 amide bonds. The summed E-state index contributed by atoms with van der Waals surface area (Å²) in [6, 6.07) is 12.9. The number of Topliss-reactive ketones (excluding diaryl/α,β-unsaturated/α-hetero) is 1. The lowest BCUT2D eigenvalue weighted by Gasteiger charge is -2.10. The Balaban J connectivity index is 1.98. The number of carbonyl (C=O) groups is 1. The van der Waals surface area contributed by atoms with Gasteiger partial charge in [-0.25, -0.2) is 0 Å². The summed E-state index contributed by atoms with van der Waals surface area (Å²) in [6.07, 6.45) is 0.756. The molecule has 2 rings (SSSR count). The summed E-state index contributed by atoms with van der Waals surface area (Å²) >= 11 is 0. The van der Waals surface area contributed by atoms with Gasteiger partial charge in [0, 0.05) is 12.1 Å². The summed E-state index contributed by atoms with van der Waals surface area (Å²) in [5.74, 6) is 1.35. The lowest BCUT2D eigenvalue weighted by Crippen LogP contribution is -2.06. The van der Waals surface area contributed by atoms with Gasteiger partial charge in [0.15, 0.2) is 5.78 Å². The minimum Gasteiger partial charge on any atom is -0.497 e. The molecule has 2 aromatic rings. The molecule has 0 aliphatic rings. The summed E-state index contributed by atoms with van der Waals surface area (Å²) in [6.45, 7) is 2.00. The van der Waals surface area contributed by atoms with Gasteiger partial charge in [-0.2, -0.15) is 0 Å². The molecule has 0 aliphatic carbocycles. The summed E-state index contributed by atoms with van der Waals surface area (Å²) in [4.78, 5) is 11.6. The number of anilines is 1. The zero-order chi connectivity index (χ0) is 15.2. The molecule has 0 fully saturated rings. The zero-order valence-corrected chi connectivity index (χ0v) is 12.3. The van der Waals surface area contributed by atoms with E-state index in [9.17, 15) is 4.79 Å². The average Bonchev–Trinajstić information content (AvgIpc) is 2.49. The second-order valence-corrected chi connectivity index (χ2v) is 4.76. The highest BCUT2D eigenvalue weighted by Gasteiger charge is 2.09. The fourth-order valence-electron chi connectivity index (χ4n) is 2.02. The molecule has 0 bridgehead atoms. The Morgan fingerprint density at radius 3 is 2.48 bits per heavy atom. The molecule has 0 aromatic heterocycles. The highest BCUT2D eigenvalue weighted by atomic mass is 16.5. The molecule has 4 nitrogen and oxygen atoms in total. The van der Waals surface area contributed by atoms with Crippen LogP contribution in [0.4, 0.5) is 5.69 Å². The van der Waals surface area contributed by atoms with Crippen LogP contribution < -0.4 is 15.2 Å². The summed E-state index contributed by atoms with van der Waals surface area (Å²) in [5.41, 5.74) is 7.92. The molecule has 2 aromatic carbocycles. The Morgan fingerprint density at radius 2 is 1.86 bits per heavy atom. The maximum absolute atomic E-state index is 11.6. The van der Waals surface area contributed by atoms with Crippen molar-refractivity contribution in [3.8, 4) is 11.5 Å². The fourth-order valence-corrected chi connectivity index (χ4v) is 2.02. The number of ether oxygens (including phenoxy) is 2. The number of nitrogen functional groups attached to an aromatic ring is 1. The minimum atomic E-state index is -0.0539. The predicted molar refractivity (Wildman–Crippen MR) is 83.1 cm³/mol. The van der Waals surface area contributed by atoms with Crippen molar-refractivity contribution in [1.29, 1.82) is 0 Å². The number of hydrogen-bond donors (Lipinski definition) is 1. The minimum absolute atomic E-state index is 0.0539. The fraction of sp³-hybridized carbons (Fsp3) is 0.235. The molecule has 110 valence electrons. The molecule has 0 saturated heterocycles. The Morgan fingerprint density at radius 1 is 1.14 bits per heavy atom. The van der Waals surface area contributed by atoms with Crippen LogP contribution >= 0.6 is 0 Å². The normalized spacial score (nSPS) is 10.2. The summed E-state index contributed by atoms with van der Waals surface area (Å²) in [5, 5.41) is 0. The van der Waals surface area contributed by atoms with E-state index in [2.05, 4.69) is 0 Å². The molecular formula is C17H19NO3. The second-order valence-electron chi connectivity index (χ2n) is 4.76. The lowest BCUT2D eigenvalue weighted by atomic mass is 10.1. The van der Waals surface area contributed by atoms with Crippen LogP contribution in [0.15, 0.2) is 42.5 Å². The second kappa shape index (κ2) is 6.79. The molecule has 2 N–H and O–H groups in total. The van der Waals surface area contributed by atoms with Crippen LogP contribution in [0.2, 0.25) is 0 Å². The summed E-state index contributed by atoms with van der Waals surface area (Å²) < 4.78 is 10.8. The van der Waals surface area contributed by atoms with Gasteiger partial charge in [0.25, 0.3) is 0 Å². The van der Waals surface area contributed by atoms with Gasteiger partial charge in [0.1, 0.15) is 11.5 Å². The van der Waals surface area contributed by atoms with Gasteiger partial charge in [0.05, 0.1) is 19.3 Å². The van der Waals surface area contributed by atoms with Gasteiger partial charge in [-0.15, -0.1) is 0 Å². The van der Waals surface area contributed by atoms with E-state index in [0.717, 1.165) is 17.7 Å². The quantitative estimate of drug-likeness (QED) is 0.654. The van der Waals surface area contributed by atoms with Crippen molar-refractivity contribution in [1.82, 2.24) is 0 Å². The van der Waals surface area contributed by atoms with Gasteiger partial charge in [-0.05, 0) is 42.8 Å². The van der Waals surface area contributed by atoms with Crippen molar-refractivity contribution >= 4 is 11.5 Å². The van der Waals surface area contributed by atoms with Crippen molar-refractivity contribution in [3.05, 3.63) is 53.6 Å². The number of ketones is 1. The van der Waals surface area contributed by atoms with Gasteiger partial charge >= 0.3 is 0 Å². The number of methoxy groups -OCH3 is 1. The van der Waals surface area contributed by atoms with Gasteiger partial charge in [-0.3, -0.25) is 4.79 Å². The predicted octanol–water partition coefficient (Wildman–Crippen LogP) is 3.10. The van der Waals surface area contributed by atoms with Crippen molar-refractivity contribution in [2.75, 3.05) is 19.5 Å². The molecule has 0 atom stereocenters. The first-order valence-corrected chi connectivity index (χ1v) is 6.76. The van der Waals surface area contributed by atoms with Crippen LogP contribution in [0.3, 0.4) is 0 Å². The van der Waals surface area contributed by atoms with Crippen LogP contribution in [0, 0.1) is 0 Å². The monoisotopic (exact) mass is 285 g/mol. The van der Waals surface area contributed by atoms with E-state index in [0.29, 0.717) is 23.6 Å². The first-order chi connectivity index (χ1) is 10.1. The third-order valence-corrected chi connectivity index (χ3v) is 3.19. The lowest BCUT2D eigenvalue weighted by molar-refractivity contribution is 0.101. The molecule has 0 unspecified atom stereocenters. The van der Waals surface area contributed by atoms with E-state index in [4.69, 9.17) is 15.2 Å². The largest absolute Gasteiger partial charge is 0.497 e. The first kappa shape index (κ1) is 14.9. The first-order valence-electron chi connectivity index (χ1n) is 6.76. The van der Waals surface area contributed by atoms with Gasteiger partial charge in [-0.1, -0.05) is 12.1 Å². The standard InChI is InChI=1S/C17H19NO3/c1-12(19)16-11-14(18)5-8-17(16)21-10-9-13-3-6-15(20-2)7-4-13/h3-8,11H,9-10,18H2,1-2H3. The Hall–Kier alpha value is -2.49. The third-order valence-electron chi connectivity index (χ3n) is 3.19. The maximum Gasteiger partial charge on any atom is 0.163 e. The van der Waals surface area contributed by atoms with Crippen LogP contribution in [0.25, 0.3) is 0 Å². The van der Waals surface area contributed by atoms with E-state index in [1.165, 1.54) is 6.92 Å². The molecule has 0 aliphatic heterocycles. The van der Waals surface area contributed by atoms with Gasteiger partial charge < -0.3 is 15.2 Å². The van der Waals surface area contributed by atoms with E-state index in [1.54, 1.807) is 25.3 Å². The average molecular weight is 285 g/mol. The van der Waals surface area contributed by atoms with Crippen molar-refractivity contribution in [3.63, 3.8) is 0 Å². The number of nitrogens with two attached hydrogens (primary N) is 1. The molecule has 0 spiro atoms. The molecule has 0 saturated carbocycles.